The number of piperidine rings is 1. The van der Waals surface area contributed by atoms with Crippen molar-refractivity contribution in [1.29, 1.82) is 0 Å². The molecule has 0 aromatic heterocycles. The Morgan fingerprint density at radius 1 is 0.933 bits per heavy atom. The van der Waals surface area contributed by atoms with Crippen molar-refractivity contribution in [1.82, 2.24) is 5.32 Å². The fraction of sp³-hybridized carbons (Fsp3) is 0.818. The van der Waals surface area contributed by atoms with Gasteiger partial charge in [-0.25, -0.2) is 0 Å². The van der Waals surface area contributed by atoms with Crippen molar-refractivity contribution in [3.63, 3.8) is 0 Å². The van der Waals surface area contributed by atoms with Gasteiger partial charge in [0.15, 0.2) is 0 Å². The minimum absolute atomic E-state index is 0.459. The maximum Gasteiger partial charge on any atom is 0.0657 e. The number of likely N-dealkylation sites (tertiary alicyclic amines) is 1. The zero-order valence-corrected chi connectivity index (χ0v) is 9.73. The van der Waals surface area contributed by atoms with Crippen LogP contribution in [0.15, 0.2) is 0 Å². The largest absolute Gasteiger partial charge is 0.468 e. The molecule has 90 valence electrons. The average Bonchev–Trinajstić information content (AvgIpc) is 2.25. The van der Waals surface area contributed by atoms with Crippen LogP contribution in [-0.4, -0.2) is 45.3 Å². The van der Waals surface area contributed by atoms with E-state index in [4.69, 9.17) is 5.73 Å². The van der Waals surface area contributed by atoms with Crippen molar-refractivity contribution >= 4 is 0 Å². The Hall–Kier alpha value is -0.160. The maximum atomic E-state index is 5.66. The van der Waals surface area contributed by atoms with Gasteiger partial charge in [-0.15, -0.1) is 0 Å². The van der Waals surface area contributed by atoms with Crippen LogP contribution < -0.4 is 20.9 Å². The summed E-state index contributed by atoms with van der Waals surface area (Å²) in [6, 6.07) is 0.459. The predicted molar refractivity (Wildman–Crippen MR) is 62.2 cm³/mol. The molecule has 4 heteroatoms. The Balaban J connectivity index is 0.000000151. The van der Waals surface area contributed by atoms with E-state index in [0.717, 1.165) is 39.0 Å². The van der Waals surface area contributed by atoms with Crippen molar-refractivity contribution in [3.05, 3.63) is 14.1 Å². The predicted octanol–water partition coefficient (Wildman–Crippen LogP) is -2.95. The normalized spacial score (nSPS) is 33.0. The first-order chi connectivity index (χ1) is 7.18. The number of piperazine rings is 1. The lowest BCUT2D eigenvalue weighted by Gasteiger charge is -2.28. The molecule has 0 spiro atoms. The van der Waals surface area contributed by atoms with E-state index < -0.39 is 0 Å². The number of hydrogen-bond acceptors (Lipinski definition) is 2. The Morgan fingerprint density at radius 3 is 1.73 bits per heavy atom. The van der Waals surface area contributed by atoms with Gasteiger partial charge < -0.3 is 20.9 Å². The van der Waals surface area contributed by atoms with Crippen molar-refractivity contribution in [2.45, 2.75) is 18.9 Å². The minimum Gasteiger partial charge on any atom is -0.468 e. The third kappa shape index (κ3) is 6.10. The van der Waals surface area contributed by atoms with Gasteiger partial charge in [-0.05, 0) is 0 Å². The van der Waals surface area contributed by atoms with E-state index in [9.17, 15) is 0 Å². The second-order valence-electron chi connectivity index (χ2n) is 4.59. The Kier molecular flexibility index (Phi) is 6.17. The highest BCUT2D eigenvalue weighted by molar-refractivity contribution is 4.62. The van der Waals surface area contributed by atoms with Gasteiger partial charge in [-0.1, -0.05) is 0 Å². The molecule has 15 heavy (non-hydrogen) atoms. The third-order valence-electron chi connectivity index (χ3n) is 3.05. The van der Waals surface area contributed by atoms with E-state index in [-0.39, 0.29) is 0 Å². The summed E-state index contributed by atoms with van der Waals surface area (Å²) >= 11 is 0. The maximum absolute atomic E-state index is 5.66. The zero-order chi connectivity index (χ0) is 11.1. The molecule has 0 aromatic rings. The molecule has 0 saturated carbocycles. The molecule has 5 N–H and O–H groups in total. The molecule has 2 aliphatic rings. The third-order valence-corrected chi connectivity index (χ3v) is 3.05. The number of nitrogens with one attached hydrogen (secondary N) is 3. The number of hydrogen-bond donors (Lipinski definition) is 4. The second kappa shape index (κ2) is 7.17. The van der Waals surface area contributed by atoms with Gasteiger partial charge in [0.2, 0.25) is 0 Å². The molecule has 0 atom stereocenters. The first-order valence-corrected chi connectivity index (χ1v) is 5.98. The molecule has 0 amide bonds. The van der Waals surface area contributed by atoms with Crippen LogP contribution in [0, 0.1) is 14.1 Å². The molecule has 2 fully saturated rings. The Morgan fingerprint density at radius 2 is 1.40 bits per heavy atom. The molecule has 0 aliphatic carbocycles. The summed E-state index contributed by atoms with van der Waals surface area (Å²) in [5.74, 6) is 0. The van der Waals surface area contributed by atoms with E-state index in [2.05, 4.69) is 19.4 Å². The molecule has 0 unspecified atom stereocenters. The van der Waals surface area contributed by atoms with Gasteiger partial charge in [-0.3, -0.25) is 0 Å². The lowest BCUT2D eigenvalue weighted by atomic mass is 10.1. The van der Waals surface area contributed by atoms with E-state index in [1.165, 1.54) is 22.9 Å². The van der Waals surface area contributed by atoms with E-state index in [1.54, 1.807) is 0 Å². The number of rotatable bonds is 0. The van der Waals surface area contributed by atoms with Crippen molar-refractivity contribution < 1.29 is 9.80 Å². The van der Waals surface area contributed by atoms with Crippen LogP contribution in [0.5, 0.6) is 0 Å². The summed E-state index contributed by atoms with van der Waals surface area (Å²) in [6.45, 7) is 6.94. The standard InChI is InChI=1S/C6H14N2.C5H12N2/c1-8-4-2-6(7)3-5-8;1-7-4-2-6-3-5-7/h6,8H,1-5,7H2;6-7H,1-5H2. The Labute approximate surface area is 93.8 Å². The van der Waals surface area contributed by atoms with E-state index in [1.807, 2.05) is 0 Å². The van der Waals surface area contributed by atoms with Gasteiger partial charge in [0.25, 0.3) is 0 Å². The molecule has 4 nitrogen and oxygen atoms in total. The SMILES string of the molecule is [CH2-][NH+]1CCC(N)CC1.[CH2-][NH+]1CCNCC1. The summed E-state index contributed by atoms with van der Waals surface area (Å²) in [4.78, 5) is 2.78. The minimum atomic E-state index is 0.459. The van der Waals surface area contributed by atoms with Gasteiger partial charge >= 0.3 is 0 Å². The zero-order valence-electron chi connectivity index (χ0n) is 9.73. The van der Waals surface area contributed by atoms with Gasteiger partial charge in [0, 0.05) is 32.0 Å². The van der Waals surface area contributed by atoms with Crippen molar-refractivity contribution in [2.75, 3.05) is 39.3 Å². The summed E-state index contributed by atoms with van der Waals surface area (Å²) in [5, 5.41) is 3.25. The first-order valence-electron chi connectivity index (χ1n) is 5.98. The van der Waals surface area contributed by atoms with Crippen LogP contribution in [-0.2, 0) is 0 Å². The quantitative estimate of drug-likeness (QED) is 0.326. The van der Waals surface area contributed by atoms with E-state index in [0.29, 0.717) is 6.04 Å². The molecule has 2 aliphatic heterocycles. The Bertz CT molecular complexity index is 139. The fourth-order valence-corrected chi connectivity index (χ4v) is 1.83. The summed E-state index contributed by atoms with van der Waals surface area (Å²) in [5.41, 5.74) is 5.66. The fourth-order valence-electron chi connectivity index (χ4n) is 1.83. The van der Waals surface area contributed by atoms with Gasteiger partial charge in [0.1, 0.15) is 0 Å². The van der Waals surface area contributed by atoms with Crippen molar-refractivity contribution in [3.8, 4) is 0 Å². The van der Waals surface area contributed by atoms with Crippen LogP contribution in [0.2, 0.25) is 0 Å². The van der Waals surface area contributed by atoms with Gasteiger partial charge in [0.05, 0.1) is 26.2 Å². The molecule has 0 bridgehead atoms. The second-order valence-corrected chi connectivity index (χ2v) is 4.59. The van der Waals surface area contributed by atoms with Gasteiger partial charge in [-0.2, -0.15) is 14.1 Å². The monoisotopic (exact) mass is 214 g/mol. The molecule has 0 radical (unpaired) electrons. The lowest BCUT2D eigenvalue weighted by Crippen LogP contribution is -3.10. The smallest absolute Gasteiger partial charge is 0.0657 e. The van der Waals surface area contributed by atoms with Crippen LogP contribution in [0.1, 0.15) is 12.8 Å². The molecular weight excluding hydrogens is 188 g/mol. The highest BCUT2D eigenvalue weighted by Gasteiger charge is 2.11. The average molecular weight is 214 g/mol. The highest BCUT2D eigenvalue weighted by atomic mass is 15.2. The van der Waals surface area contributed by atoms with Crippen LogP contribution in [0.4, 0.5) is 0 Å². The highest BCUT2D eigenvalue weighted by Crippen LogP contribution is 1.92. The molecular formula is C11H26N4. The van der Waals surface area contributed by atoms with Crippen molar-refractivity contribution in [2.24, 2.45) is 5.73 Å². The molecule has 2 saturated heterocycles. The van der Waals surface area contributed by atoms with Crippen LogP contribution >= 0.6 is 0 Å². The van der Waals surface area contributed by atoms with E-state index >= 15 is 0 Å². The first kappa shape index (κ1) is 12.9. The summed E-state index contributed by atoms with van der Waals surface area (Å²) in [6.07, 6.45) is 2.30. The molecule has 0 aromatic carbocycles. The topological polar surface area (TPSA) is 46.9 Å². The number of quaternary nitrogens is 2. The summed E-state index contributed by atoms with van der Waals surface area (Å²) in [7, 11) is 7.77. The molecule has 2 rings (SSSR count). The van der Waals surface area contributed by atoms with Crippen LogP contribution in [0.25, 0.3) is 0 Å². The number of nitrogens with two attached hydrogens (primary N) is 1. The van der Waals surface area contributed by atoms with Crippen LogP contribution in [0.3, 0.4) is 0 Å². The summed E-state index contributed by atoms with van der Waals surface area (Å²) < 4.78 is 0. The molecule has 2 heterocycles. The lowest BCUT2D eigenvalue weighted by molar-refractivity contribution is -0.859.